The van der Waals surface area contributed by atoms with Crippen molar-refractivity contribution < 1.29 is 14.3 Å². The van der Waals surface area contributed by atoms with Crippen molar-refractivity contribution in [3.63, 3.8) is 0 Å². The molecule has 1 aliphatic carbocycles. The molecule has 13 heteroatoms. The molecule has 7 N–H and O–H groups in total. The Morgan fingerprint density at radius 3 is 2.63 bits per heavy atom. The zero-order valence-corrected chi connectivity index (χ0v) is 22.4. The molecule has 1 aliphatic heterocycles. The van der Waals surface area contributed by atoms with Gasteiger partial charge in [0.2, 0.25) is 5.96 Å². The smallest absolute Gasteiger partial charge is 0.258 e. The molecule has 1 fully saturated rings. The molecule has 0 bridgehead atoms. The zero-order valence-electron chi connectivity index (χ0n) is 20.8. The summed E-state index contributed by atoms with van der Waals surface area (Å²) in [6.45, 7) is 2.02. The van der Waals surface area contributed by atoms with Gasteiger partial charge in [0.25, 0.3) is 5.91 Å². The lowest BCUT2D eigenvalue weighted by atomic mass is 9.95. The summed E-state index contributed by atoms with van der Waals surface area (Å²) in [5, 5.41) is 27.1. The van der Waals surface area contributed by atoms with Gasteiger partial charge in [-0.1, -0.05) is 35.2 Å². The van der Waals surface area contributed by atoms with Gasteiger partial charge in [0.15, 0.2) is 24.3 Å². The molecule has 1 aromatic heterocycles. The van der Waals surface area contributed by atoms with Crippen LogP contribution in [0.1, 0.15) is 61.8 Å². The van der Waals surface area contributed by atoms with Crippen LogP contribution in [0.5, 0.6) is 11.5 Å². The van der Waals surface area contributed by atoms with E-state index in [0.717, 1.165) is 25.7 Å². The van der Waals surface area contributed by atoms with Crippen LogP contribution in [-0.4, -0.2) is 36.1 Å². The van der Waals surface area contributed by atoms with Crippen molar-refractivity contribution in [1.82, 2.24) is 15.6 Å². The average molecular weight is 582 g/mol. The van der Waals surface area contributed by atoms with Gasteiger partial charge in [-0.2, -0.15) is 10.5 Å². The minimum Gasteiger partial charge on any atom is -0.490 e. The first kappa shape index (κ1) is 26.8. The summed E-state index contributed by atoms with van der Waals surface area (Å²) in [5.74, 6) is 0.924. The van der Waals surface area contributed by atoms with Gasteiger partial charge in [-0.25, -0.2) is 9.98 Å². The lowest BCUT2D eigenvalue weighted by Crippen LogP contribution is -2.39. The number of aliphatic imine (C=N–C) groups is 1. The highest BCUT2D eigenvalue weighted by Crippen LogP contribution is 2.45. The van der Waals surface area contributed by atoms with E-state index in [2.05, 4.69) is 41.9 Å². The van der Waals surface area contributed by atoms with E-state index in [0.29, 0.717) is 33.7 Å². The second kappa shape index (κ2) is 11.9. The second-order valence-corrected chi connectivity index (χ2v) is 9.70. The van der Waals surface area contributed by atoms with Gasteiger partial charge in [-0.15, -0.1) is 0 Å². The molecule has 1 amide bonds. The number of nitrogens with two attached hydrogens (primary N) is 2. The number of nitriles is 2. The van der Waals surface area contributed by atoms with Crippen LogP contribution in [0.25, 0.3) is 0 Å². The standard InChI is InChI=1S/C25H28BrN9O3/c1-2-37-17-8-14(16(26)9-18(17)38-11-19(36)32-13-6-4-3-5-7-13)22-20-21(29)15(10-27)23(30)34-24(20)35-25(33-22)31-12-28/h8-9,13,22H,2-7,11H2,1H3,(H,32,36)(H6,29,30,31,33,34,35). The summed E-state index contributed by atoms with van der Waals surface area (Å²) >= 11 is 3.58. The van der Waals surface area contributed by atoms with Crippen LogP contribution in [-0.2, 0) is 4.79 Å². The number of nitrogens with zero attached hydrogens (tertiary/aromatic N) is 4. The highest BCUT2D eigenvalue weighted by Gasteiger charge is 2.32. The third-order valence-corrected chi connectivity index (χ3v) is 7.03. The number of hydrogen-bond acceptors (Lipinski definition) is 11. The van der Waals surface area contributed by atoms with E-state index in [9.17, 15) is 10.1 Å². The van der Waals surface area contributed by atoms with Crippen LogP contribution in [0.4, 0.5) is 17.3 Å². The van der Waals surface area contributed by atoms with E-state index in [4.69, 9.17) is 26.2 Å². The topological polar surface area (TPSA) is 196 Å². The normalized spacial score (nSPS) is 16.6. The van der Waals surface area contributed by atoms with Crippen molar-refractivity contribution in [3.05, 3.63) is 33.3 Å². The Bertz CT molecular complexity index is 1340. The summed E-state index contributed by atoms with van der Waals surface area (Å²) in [6, 6.07) is 4.79. The predicted octanol–water partition coefficient (Wildman–Crippen LogP) is 3.05. The Morgan fingerprint density at radius 2 is 1.95 bits per heavy atom. The van der Waals surface area contributed by atoms with Gasteiger partial charge in [0, 0.05) is 16.1 Å². The quantitative estimate of drug-likeness (QED) is 0.239. The number of halogens is 1. The molecule has 0 radical (unpaired) electrons. The first-order valence-corrected chi connectivity index (χ1v) is 13.0. The molecule has 1 saturated carbocycles. The third-order valence-electron chi connectivity index (χ3n) is 6.34. The SMILES string of the molecule is CCOc1cc(C2N=C(NC#N)Nc3nc(N)c(C#N)c(N)c32)c(Br)cc1OCC(=O)NC1CCCCC1. The molecule has 1 unspecified atom stereocenters. The molecule has 12 nitrogen and oxygen atoms in total. The number of fused-ring (bicyclic) bond motifs is 1. The number of nitrogen functional groups attached to an aromatic ring is 2. The minimum absolute atomic E-state index is 0.0347. The molecular weight excluding hydrogens is 554 g/mol. The van der Waals surface area contributed by atoms with E-state index in [-0.39, 0.29) is 47.4 Å². The maximum absolute atomic E-state index is 12.5. The van der Waals surface area contributed by atoms with Crippen LogP contribution in [0.15, 0.2) is 21.6 Å². The number of anilines is 3. The van der Waals surface area contributed by atoms with Crippen LogP contribution < -0.4 is 36.9 Å². The maximum atomic E-state index is 12.5. The number of benzene rings is 1. The first-order valence-electron chi connectivity index (χ1n) is 12.2. The van der Waals surface area contributed by atoms with Gasteiger partial charge in [-0.05, 0) is 37.5 Å². The Labute approximate surface area is 228 Å². The molecule has 2 aliphatic rings. The number of aromatic nitrogens is 1. The van der Waals surface area contributed by atoms with E-state index in [1.54, 1.807) is 12.1 Å². The molecule has 198 valence electrons. The molecule has 0 saturated heterocycles. The third kappa shape index (κ3) is 5.68. The molecule has 1 atom stereocenters. The Balaban J connectivity index is 1.68. The lowest BCUT2D eigenvalue weighted by molar-refractivity contribution is -0.124. The van der Waals surface area contributed by atoms with Crippen molar-refractivity contribution in [2.45, 2.75) is 51.1 Å². The molecule has 0 spiro atoms. The predicted molar refractivity (Wildman–Crippen MR) is 145 cm³/mol. The summed E-state index contributed by atoms with van der Waals surface area (Å²) in [6.07, 6.45) is 7.22. The minimum atomic E-state index is -0.778. The number of carbonyl (C=O) groups excluding carboxylic acids is 1. The maximum Gasteiger partial charge on any atom is 0.258 e. The van der Waals surface area contributed by atoms with E-state index in [1.165, 1.54) is 6.42 Å². The summed E-state index contributed by atoms with van der Waals surface area (Å²) < 4.78 is 12.3. The van der Waals surface area contributed by atoms with Crippen LogP contribution in [0.2, 0.25) is 0 Å². The molecule has 2 heterocycles. The van der Waals surface area contributed by atoms with Gasteiger partial charge in [0.1, 0.15) is 29.3 Å². The van der Waals surface area contributed by atoms with Gasteiger partial charge < -0.3 is 31.6 Å². The van der Waals surface area contributed by atoms with Crippen molar-refractivity contribution in [1.29, 1.82) is 10.5 Å². The highest BCUT2D eigenvalue weighted by molar-refractivity contribution is 9.10. The van der Waals surface area contributed by atoms with Crippen molar-refractivity contribution in [2.24, 2.45) is 4.99 Å². The number of amides is 1. The number of guanidine groups is 1. The molecule has 1 aromatic carbocycles. The molecule has 2 aromatic rings. The van der Waals surface area contributed by atoms with E-state index in [1.807, 2.05) is 19.2 Å². The number of hydrogen-bond donors (Lipinski definition) is 5. The molecule has 38 heavy (non-hydrogen) atoms. The van der Waals surface area contributed by atoms with Crippen molar-refractivity contribution in [2.75, 3.05) is 30.0 Å². The molecule has 4 rings (SSSR count). The van der Waals surface area contributed by atoms with Crippen molar-refractivity contribution in [3.8, 4) is 23.8 Å². The zero-order chi connectivity index (χ0) is 27.2. The Kier molecular flexibility index (Phi) is 8.38. The highest BCUT2D eigenvalue weighted by atomic mass is 79.9. The van der Waals surface area contributed by atoms with Gasteiger partial charge in [0.05, 0.1) is 12.3 Å². The van der Waals surface area contributed by atoms with Crippen LogP contribution in [0, 0.1) is 22.8 Å². The van der Waals surface area contributed by atoms with E-state index >= 15 is 0 Å². The Hall–Kier alpha value is -4.23. The number of nitrogens with one attached hydrogen (secondary N) is 3. The largest absolute Gasteiger partial charge is 0.490 e. The lowest BCUT2D eigenvalue weighted by Gasteiger charge is -2.27. The monoisotopic (exact) mass is 581 g/mol. The second-order valence-electron chi connectivity index (χ2n) is 8.85. The van der Waals surface area contributed by atoms with E-state index < -0.39 is 6.04 Å². The fraction of sp³-hybridized carbons (Fsp3) is 0.400. The number of pyridine rings is 1. The van der Waals surface area contributed by atoms with Gasteiger partial charge >= 0.3 is 0 Å². The fourth-order valence-electron chi connectivity index (χ4n) is 4.61. The van der Waals surface area contributed by atoms with Crippen LogP contribution >= 0.6 is 15.9 Å². The summed E-state index contributed by atoms with van der Waals surface area (Å²) in [7, 11) is 0. The molecular formula is C25H28BrN9O3. The summed E-state index contributed by atoms with van der Waals surface area (Å²) in [5.41, 5.74) is 13.5. The van der Waals surface area contributed by atoms with Gasteiger partial charge in [-0.3, -0.25) is 10.1 Å². The summed E-state index contributed by atoms with van der Waals surface area (Å²) in [4.78, 5) is 21.4. The Morgan fingerprint density at radius 1 is 1.21 bits per heavy atom. The first-order chi connectivity index (χ1) is 18.4. The number of carbonyl (C=O) groups is 1. The number of rotatable bonds is 7. The van der Waals surface area contributed by atoms with Crippen LogP contribution in [0.3, 0.4) is 0 Å². The van der Waals surface area contributed by atoms with Crippen molar-refractivity contribution >= 4 is 45.1 Å². The average Bonchev–Trinajstić information content (AvgIpc) is 2.89. The number of ether oxygens (including phenoxy) is 2. The fourth-order valence-corrected chi connectivity index (χ4v) is 5.15.